The number of nitrogens with one attached hydrogen (secondary N) is 2. The molecule has 0 atom stereocenters. The molecule has 0 aliphatic carbocycles. The molecule has 0 saturated heterocycles. The molecule has 1 amide bonds. The number of nitrogens with two attached hydrogens (primary N) is 1. The third kappa shape index (κ3) is 1.68. The second kappa shape index (κ2) is 4.34. The van der Waals surface area contributed by atoms with E-state index in [9.17, 15) is 4.79 Å². The number of aromatic amines is 1. The number of hydrazine groups is 1. The molecule has 0 unspecified atom stereocenters. The fourth-order valence-corrected chi connectivity index (χ4v) is 1.78. The predicted molar refractivity (Wildman–Crippen MR) is 63.1 cm³/mol. The van der Waals surface area contributed by atoms with Crippen LogP contribution in [0.2, 0.25) is 0 Å². The fraction of sp³-hybridized carbons (Fsp3) is 0.182. The van der Waals surface area contributed by atoms with Crippen molar-refractivity contribution in [3.8, 4) is 11.5 Å². The number of H-pyrrole nitrogens is 1. The SMILES string of the molecule is COc1ccc2c(C(=O)NN)c[nH]c2c1OC. The van der Waals surface area contributed by atoms with E-state index in [1.165, 1.54) is 0 Å². The van der Waals surface area contributed by atoms with E-state index in [4.69, 9.17) is 15.3 Å². The van der Waals surface area contributed by atoms with Crippen molar-refractivity contribution < 1.29 is 14.3 Å². The van der Waals surface area contributed by atoms with Crippen LogP contribution in [0.1, 0.15) is 10.4 Å². The smallest absolute Gasteiger partial charge is 0.267 e. The van der Waals surface area contributed by atoms with E-state index >= 15 is 0 Å². The molecular formula is C11H13N3O3. The summed E-state index contributed by atoms with van der Waals surface area (Å²) in [6.45, 7) is 0. The van der Waals surface area contributed by atoms with Gasteiger partial charge in [0.05, 0.1) is 25.3 Å². The van der Waals surface area contributed by atoms with Crippen molar-refractivity contribution in [2.24, 2.45) is 5.84 Å². The maximum atomic E-state index is 11.5. The van der Waals surface area contributed by atoms with Crippen LogP contribution >= 0.6 is 0 Å². The van der Waals surface area contributed by atoms with E-state index in [2.05, 4.69) is 10.4 Å². The lowest BCUT2D eigenvalue weighted by molar-refractivity contribution is 0.0955. The Morgan fingerprint density at radius 1 is 1.35 bits per heavy atom. The van der Waals surface area contributed by atoms with Gasteiger partial charge in [0.1, 0.15) is 0 Å². The van der Waals surface area contributed by atoms with Gasteiger partial charge in [-0.25, -0.2) is 5.84 Å². The Hall–Kier alpha value is -2.21. The van der Waals surface area contributed by atoms with Crippen molar-refractivity contribution in [2.45, 2.75) is 0 Å². The number of aromatic nitrogens is 1. The van der Waals surface area contributed by atoms with Gasteiger partial charge in [0.2, 0.25) is 0 Å². The van der Waals surface area contributed by atoms with Crippen molar-refractivity contribution in [1.29, 1.82) is 0 Å². The number of hydrogen-bond donors (Lipinski definition) is 3. The van der Waals surface area contributed by atoms with Crippen molar-refractivity contribution in [1.82, 2.24) is 10.4 Å². The summed E-state index contributed by atoms with van der Waals surface area (Å²) in [5, 5.41) is 0.727. The number of fused-ring (bicyclic) bond motifs is 1. The zero-order valence-corrected chi connectivity index (χ0v) is 9.53. The molecular weight excluding hydrogens is 222 g/mol. The second-order valence-corrected chi connectivity index (χ2v) is 3.40. The summed E-state index contributed by atoms with van der Waals surface area (Å²) in [5.41, 5.74) is 3.26. The lowest BCUT2D eigenvalue weighted by Gasteiger charge is -2.08. The molecule has 0 saturated carbocycles. The van der Waals surface area contributed by atoms with Crippen molar-refractivity contribution in [3.63, 3.8) is 0 Å². The third-order valence-corrected chi connectivity index (χ3v) is 2.57. The molecule has 2 aromatic rings. The normalized spacial score (nSPS) is 10.3. The Morgan fingerprint density at radius 3 is 2.71 bits per heavy atom. The van der Waals surface area contributed by atoms with E-state index in [-0.39, 0.29) is 5.91 Å². The van der Waals surface area contributed by atoms with E-state index in [1.54, 1.807) is 32.5 Å². The lowest BCUT2D eigenvalue weighted by atomic mass is 10.1. The molecule has 6 heteroatoms. The topological polar surface area (TPSA) is 89.4 Å². The number of hydrogen-bond acceptors (Lipinski definition) is 4. The van der Waals surface area contributed by atoms with Crippen LogP contribution in [0.5, 0.6) is 11.5 Å². The fourth-order valence-electron chi connectivity index (χ4n) is 1.78. The second-order valence-electron chi connectivity index (χ2n) is 3.40. The number of nitrogen functional groups attached to an aromatic ring is 1. The number of methoxy groups -OCH3 is 2. The Morgan fingerprint density at radius 2 is 2.12 bits per heavy atom. The van der Waals surface area contributed by atoms with E-state index in [0.29, 0.717) is 22.6 Å². The quantitative estimate of drug-likeness (QED) is 0.417. The predicted octanol–water partition coefficient (Wildman–Crippen LogP) is 0.789. The molecule has 0 bridgehead atoms. The summed E-state index contributed by atoms with van der Waals surface area (Å²) in [6.07, 6.45) is 1.58. The first-order chi connectivity index (χ1) is 8.22. The van der Waals surface area contributed by atoms with Gasteiger partial charge in [0, 0.05) is 11.6 Å². The monoisotopic (exact) mass is 235 g/mol. The van der Waals surface area contributed by atoms with Gasteiger partial charge in [-0.1, -0.05) is 0 Å². The number of rotatable bonds is 3. The van der Waals surface area contributed by atoms with E-state index in [0.717, 1.165) is 5.39 Å². The highest BCUT2D eigenvalue weighted by molar-refractivity contribution is 6.08. The average Bonchev–Trinajstić information content (AvgIpc) is 2.80. The molecule has 0 radical (unpaired) electrons. The number of benzene rings is 1. The number of carbonyl (C=O) groups excluding carboxylic acids is 1. The number of amides is 1. The first kappa shape index (κ1) is 11.3. The van der Waals surface area contributed by atoms with Crippen molar-refractivity contribution >= 4 is 16.8 Å². The molecule has 6 nitrogen and oxygen atoms in total. The molecule has 1 aromatic carbocycles. The van der Waals surface area contributed by atoms with Crippen LogP contribution in [0.3, 0.4) is 0 Å². The van der Waals surface area contributed by atoms with Crippen molar-refractivity contribution in [2.75, 3.05) is 14.2 Å². The highest BCUT2D eigenvalue weighted by Crippen LogP contribution is 2.35. The highest BCUT2D eigenvalue weighted by Gasteiger charge is 2.16. The van der Waals surface area contributed by atoms with Gasteiger partial charge in [-0.15, -0.1) is 0 Å². The molecule has 17 heavy (non-hydrogen) atoms. The first-order valence-electron chi connectivity index (χ1n) is 4.96. The Bertz CT molecular complexity index is 562. The summed E-state index contributed by atoms with van der Waals surface area (Å²) in [7, 11) is 3.10. The Kier molecular flexibility index (Phi) is 2.88. The number of ether oxygens (including phenoxy) is 2. The summed E-state index contributed by atoms with van der Waals surface area (Å²) >= 11 is 0. The van der Waals surface area contributed by atoms with Gasteiger partial charge in [-0.05, 0) is 12.1 Å². The van der Waals surface area contributed by atoms with Crippen LogP contribution in [0, 0.1) is 0 Å². The molecule has 2 rings (SSSR count). The lowest BCUT2D eigenvalue weighted by Crippen LogP contribution is -2.29. The van der Waals surface area contributed by atoms with Gasteiger partial charge in [0.15, 0.2) is 11.5 Å². The first-order valence-corrected chi connectivity index (χ1v) is 4.96. The largest absolute Gasteiger partial charge is 0.493 e. The van der Waals surface area contributed by atoms with Gasteiger partial charge in [-0.2, -0.15) is 0 Å². The summed E-state index contributed by atoms with van der Waals surface area (Å²) in [5.74, 6) is 5.91. The molecule has 1 aromatic heterocycles. The van der Waals surface area contributed by atoms with Crippen LogP contribution in [-0.4, -0.2) is 25.1 Å². The molecule has 0 aliphatic rings. The van der Waals surface area contributed by atoms with Crippen LogP contribution in [0.25, 0.3) is 10.9 Å². The van der Waals surface area contributed by atoms with Gasteiger partial charge >= 0.3 is 0 Å². The van der Waals surface area contributed by atoms with Gasteiger partial charge < -0.3 is 14.5 Å². The van der Waals surface area contributed by atoms with Crippen molar-refractivity contribution in [3.05, 3.63) is 23.9 Å². The molecule has 0 fully saturated rings. The summed E-state index contributed by atoms with van der Waals surface area (Å²) in [6, 6.07) is 3.51. The standard InChI is InChI=1S/C11H13N3O3/c1-16-8-4-3-6-7(11(15)14-12)5-13-9(6)10(8)17-2/h3-5,13H,12H2,1-2H3,(H,14,15). The van der Waals surface area contributed by atoms with Gasteiger partial charge in [-0.3, -0.25) is 10.2 Å². The zero-order chi connectivity index (χ0) is 12.4. The minimum absolute atomic E-state index is 0.358. The Labute approximate surface area is 97.7 Å². The number of carbonyl (C=O) groups is 1. The zero-order valence-electron chi connectivity index (χ0n) is 9.53. The van der Waals surface area contributed by atoms with Crippen LogP contribution < -0.4 is 20.7 Å². The maximum Gasteiger partial charge on any atom is 0.267 e. The molecule has 4 N–H and O–H groups in total. The van der Waals surface area contributed by atoms with Crippen LogP contribution in [0.4, 0.5) is 0 Å². The average molecular weight is 235 g/mol. The van der Waals surface area contributed by atoms with E-state index in [1.807, 2.05) is 0 Å². The molecule has 0 spiro atoms. The maximum absolute atomic E-state index is 11.5. The molecule has 90 valence electrons. The molecule has 0 aliphatic heterocycles. The van der Waals surface area contributed by atoms with Crippen LogP contribution in [0.15, 0.2) is 18.3 Å². The summed E-state index contributed by atoms with van der Waals surface area (Å²) in [4.78, 5) is 14.5. The Balaban J connectivity index is 2.68. The third-order valence-electron chi connectivity index (χ3n) is 2.57. The van der Waals surface area contributed by atoms with E-state index < -0.39 is 0 Å². The minimum Gasteiger partial charge on any atom is -0.493 e. The summed E-state index contributed by atoms with van der Waals surface area (Å²) < 4.78 is 10.4. The highest BCUT2D eigenvalue weighted by atomic mass is 16.5. The van der Waals surface area contributed by atoms with Gasteiger partial charge in [0.25, 0.3) is 5.91 Å². The molecule has 1 heterocycles. The van der Waals surface area contributed by atoms with Crippen LogP contribution in [-0.2, 0) is 0 Å². The minimum atomic E-state index is -0.358.